The van der Waals surface area contributed by atoms with Crippen molar-refractivity contribution in [2.45, 2.75) is 38.1 Å². The average Bonchev–Trinajstić information content (AvgIpc) is 2.48. The lowest BCUT2D eigenvalue weighted by Gasteiger charge is -2.48. The highest BCUT2D eigenvalue weighted by Gasteiger charge is 2.43. The van der Waals surface area contributed by atoms with E-state index in [0.29, 0.717) is 38.6 Å². The molecule has 21 heavy (non-hydrogen) atoms. The number of piperidine rings is 2. The largest absolute Gasteiger partial charge is 0.481 e. The van der Waals surface area contributed by atoms with Crippen LogP contribution in [0.25, 0.3) is 0 Å². The number of likely N-dealkylation sites (tertiary alicyclic amines) is 2. The van der Waals surface area contributed by atoms with Crippen molar-refractivity contribution in [1.82, 2.24) is 9.80 Å². The van der Waals surface area contributed by atoms with E-state index in [0.717, 1.165) is 19.0 Å². The van der Waals surface area contributed by atoms with Crippen molar-refractivity contribution in [3.8, 4) is 0 Å². The van der Waals surface area contributed by atoms with Crippen LogP contribution in [0.2, 0.25) is 0 Å². The average molecular weight is 296 g/mol. The Balaban J connectivity index is 1.63. The molecule has 2 atom stereocenters. The molecule has 3 aliphatic heterocycles. The lowest BCUT2D eigenvalue weighted by atomic mass is 9.78. The van der Waals surface area contributed by atoms with Crippen LogP contribution in [0.3, 0.4) is 0 Å². The Morgan fingerprint density at radius 3 is 2.76 bits per heavy atom. The summed E-state index contributed by atoms with van der Waals surface area (Å²) in [4.78, 5) is 16.7. The Kier molecular flexibility index (Phi) is 4.52. The van der Waals surface area contributed by atoms with Gasteiger partial charge in [0, 0.05) is 32.3 Å². The van der Waals surface area contributed by atoms with Gasteiger partial charge in [-0.2, -0.15) is 0 Å². The molecule has 5 nitrogen and oxygen atoms in total. The summed E-state index contributed by atoms with van der Waals surface area (Å²) < 4.78 is 5.38. The van der Waals surface area contributed by atoms with E-state index in [1.54, 1.807) is 0 Å². The van der Waals surface area contributed by atoms with Crippen molar-refractivity contribution < 1.29 is 14.6 Å². The van der Waals surface area contributed by atoms with Gasteiger partial charge in [-0.15, -0.1) is 0 Å². The maximum Gasteiger partial charge on any atom is 0.311 e. The highest BCUT2D eigenvalue weighted by atomic mass is 16.5. The van der Waals surface area contributed by atoms with E-state index in [1.807, 2.05) is 0 Å². The van der Waals surface area contributed by atoms with E-state index < -0.39 is 11.4 Å². The fraction of sp³-hybridized carbons (Fsp3) is 0.938. The summed E-state index contributed by atoms with van der Waals surface area (Å²) in [5.74, 6) is 0.0943. The molecule has 3 saturated heterocycles. The van der Waals surface area contributed by atoms with Gasteiger partial charge in [0.15, 0.2) is 0 Å². The first-order valence-electron chi connectivity index (χ1n) is 8.34. The molecule has 0 aromatic rings. The first kappa shape index (κ1) is 15.3. The minimum absolute atomic E-state index is 0.578. The van der Waals surface area contributed by atoms with Gasteiger partial charge in [-0.1, -0.05) is 0 Å². The number of carbonyl (C=O) groups is 1. The molecule has 3 rings (SSSR count). The summed E-state index contributed by atoms with van der Waals surface area (Å²) in [7, 11) is 2.24. The van der Waals surface area contributed by atoms with Crippen molar-refractivity contribution in [2.75, 3.05) is 46.4 Å². The normalized spacial score (nSPS) is 34.3. The number of fused-ring (bicyclic) bond motifs is 1. The van der Waals surface area contributed by atoms with Gasteiger partial charge < -0.3 is 19.6 Å². The van der Waals surface area contributed by atoms with Gasteiger partial charge in [-0.3, -0.25) is 4.79 Å². The van der Waals surface area contributed by atoms with Gasteiger partial charge in [0.1, 0.15) is 0 Å². The molecule has 3 fully saturated rings. The zero-order valence-electron chi connectivity index (χ0n) is 13.1. The third-order valence-corrected chi connectivity index (χ3v) is 5.86. The van der Waals surface area contributed by atoms with Crippen LogP contribution >= 0.6 is 0 Å². The topological polar surface area (TPSA) is 53.0 Å². The Hall–Kier alpha value is -0.650. The van der Waals surface area contributed by atoms with Gasteiger partial charge in [-0.05, 0) is 58.2 Å². The van der Waals surface area contributed by atoms with Crippen LogP contribution in [-0.2, 0) is 9.53 Å². The SMILES string of the molecule is CN1CCCC2CN(CC3(C(=O)O)CCOCC3)CCC21. The van der Waals surface area contributed by atoms with E-state index in [1.165, 1.54) is 25.8 Å². The van der Waals surface area contributed by atoms with Crippen LogP contribution < -0.4 is 0 Å². The highest BCUT2D eigenvalue weighted by molar-refractivity contribution is 5.75. The van der Waals surface area contributed by atoms with E-state index >= 15 is 0 Å². The molecular weight excluding hydrogens is 268 g/mol. The Bertz CT molecular complexity index is 382. The summed E-state index contributed by atoms with van der Waals surface area (Å²) in [6.45, 7) is 5.23. The summed E-state index contributed by atoms with van der Waals surface area (Å²) in [5, 5.41) is 9.70. The molecule has 0 aromatic heterocycles. The number of hydrogen-bond acceptors (Lipinski definition) is 4. The molecule has 0 radical (unpaired) electrons. The smallest absolute Gasteiger partial charge is 0.311 e. The molecule has 0 saturated carbocycles. The fourth-order valence-corrected chi connectivity index (χ4v) is 4.50. The molecule has 2 unspecified atom stereocenters. The Morgan fingerprint density at radius 2 is 2.05 bits per heavy atom. The molecule has 0 aliphatic carbocycles. The third kappa shape index (κ3) is 3.10. The minimum atomic E-state index is -0.631. The van der Waals surface area contributed by atoms with Gasteiger partial charge in [-0.25, -0.2) is 0 Å². The summed E-state index contributed by atoms with van der Waals surface area (Å²) in [6, 6.07) is 0.713. The molecule has 0 bridgehead atoms. The second-order valence-corrected chi connectivity index (χ2v) is 7.17. The zero-order valence-corrected chi connectivity index (χ0v) is 13.1. The quantitative estimate of drug-likeness (QED) is 0.850. The Morgan fingerprint density at radius 1 is 1.29 bits per heavy atom. The lowest BCUT2D eigenvalue weighted by Crippen LogP contribution is -2.56. The molecule has 3 aliphatic rings. The molecule has 0 aromatic carbocycles. The number of hydrogen-bond donors (Lipinski definition) is 1. The van der Waals surface area contributed by atoms with Crippen molar-refractivity contribution in [3.63, 3.8) is 0 Å². The number of carboxylic acids is 1. The van der Waals surface area contributed by atoms with Crippen LogP contribution in [0.15, 0.2) is 0 Å². The van der Waals surface area contributed by atoms with Crippen LogP contribution in [0.5, 0.6) is 0 Å². The maximum absolute atomic E-state index is 11.8. The number of nitrogens with zero attached hydrogens (tertiary/aromatic N) is 2. The number of ether oxygens (including phenoxy) is 1. The van der Waals surface area contributed by atoms with Crippen LogP contribution in [0, 0.1) is 11.3 Å². The second kappa shape index (κ2) is 6.23. The Labute approximate surface area is 127 Å². The number of rotatable bonds is 3. The minimum Gasteiger partial charge on any atom is -0.481 e. The van der Waals surface area contributed by atoms with Crippen molar-refractivity contribution >= 4 is 5.97 Å². The van der Waals surface area contributed by atoms with E-state index in [-0.39, 0.29) is 0 Å². The molecule has 3 heterocycles. The molecule has 0 spiro atoms. The zero-order chi connectivity index (χ0) is 14.9. The van der Waals surface area contributed by atoms with Gasteiger partial charge >= 0.3 is 5.97 Å². The van der Waals surface area contributed by atoms with E-state index in [4.69, 9.17) is 4.74 Å². The van der Waals surface area contributed by atoms with Crippen LogP contribution in [0.1, 0.15) is 32.1 Å². The van der Waals surface area contributed by atoms with Crippen LogP contribution in [0.4, 0.5) is 0 Å². The number of aliphatic carboxylic acids is 1. The summed E-state index contributed by atoms with van der Waals surface area (Å²) in [6.07, 6.45) is 5.09. The summed E-state index contributed by atoms with van der Waals surface area (Å²) in [5.41, 5.74) is -0.578. The van der Waals surface area contributed by atoms with Crippen molar-refractivity contribution in [1.29, 1.82) is 0 Å². The third-order valence-electron chi connectivity index (χ3n) is 5.86. The second-order valence-electron chi connectivity index (χ2n) is 7.17. The van der Waals surface area contributed by atoms with E-state index in [2.05, 4.69) is 16.8 Å². The monoisotopic (exact) mass is 296 g/mol. The lowest BCUT2D eigenvalue weighted by molar-refractivity contribution is -0.157. The van der Waals surface area contributed by atoms with E-state index in [9.17, 15) is 9.90 Å². The van der Waals surface area contributed by atoms with Crippen molar-refractivity contribution in [3.05, 3.63) is 0 Å². The van der Waals surface area contributed by atoms with Gasteiger partial charge in [0.05, 0.1) is 5.41 Å². The summed E-state index contributed by atoms with van der Waals surface area (Å²) >= 11 is 0. The maximum atomic E-state index is 11.8. The predicted molar refractivity (Wildman–Crippen MR) is 80.3 cm³/mol. The molecular formula is C16H28N2O3. The van der Waals surface area contributed by atoms with Gasteiger partial charge in [0.2, 0.25) is 0 Å². The molecule has 1 N–H and O–H groups in total. The molecule has 5 heteroatoms. The predicted octanol–water partition coefficient (Wildman–Crippen LogP) is 1.28. The fourth-order valence-electron chi connectivity index (χ4n) is 4.50. The first-order chi connectivity index (χ1) is 10.1. The molecule has 0 amide bonds. The number of carboxylic acid groups (broad SMARTS) is 1. The molecule has 120 valence electrons. The van der Waals surface area contributed by atoms with Crippen LogP contribution in [-0.4, -0.2) is 73.4 Å². The van der Waals surface area contributed by atoms with Gasteiger partial charge in [0.25, 0.3) is 0 Å². The first-order valence-corrected chi connectivity index (χ1v) is 8.34. The standard InChI is InChI=1S/C16H28N2O3/c1-17-7-2-3-13-11-18(8-4-14(13)17)12-16(15(19)20)5-9-21-10-6-16/h13-14H,2-12H2,1H3,(H,19,20). The van der Waals surface area contributed by atoms with Crippen molar-refractivity contribution in [2.24, 2.45) is 11.3 Å². The highest BCUT2D eigenvalue weighted by Crippen LogP contribution is 2.35.